The number of carbonyl (C=O) groups is 1. The van der Waals surface area contributed by atoms with E-state index in [9.17, 15) is 9.90 Å². The van der Waals surface area contributed by atoms with Crippen molar-refractivity contribution in [1.29, 1.82) is 0 Å². The normalized spacial score (nSPS) is 56.4. The van der Waals surface area contributed by atoms with Crippen molar-refractivity contribution in [1.82, 2.24) is 0 Å². The van der Waals surface area contributed by atoms with E-state index in [0.717, 1.165) is 51.4 Å². The lowest BCUT2D eigenvalue weighted by Crippen LogP contribution is -2.59. The van der Waals surface area contributed by atoms with Crippen LogP contribution in [0.3, 0.4) is 0 Å². The van der Waals surface area contributed by atoms with E-state index in [1.54, 1.807) is 0 Å². The van der Waals surface area contributed by atoms with Gasteiger partial charge in [-0.1, -0.05) is 32.8 Å². The summed E-state index contributed by atoms with van der Waals surface area (Å²) in [6.07, 6.45) is 11.1. The summed E-state index contributed by atoms with van der Waals surface area (Å²) in [6.45, 7) is 6.91. The van der Waals surface area contributed by atoms with Gasteiger partial charge in [-0.05, 0) is 62.9 Å². The summed E-state index contributed by atoms with van der Waals surface area (Å²) in [7, 11) is 0. The number of ether oxygens (including phenoxy) is 1. The molecule has 1 N–H and O–H groups in total. The number of rotatable bonds is 2. The van der Waals surface area contributed by atoms with Gasteiger partial charge in [-0.15, -0.1) is 0 Å². The van der Waals surface area contributed by atoms with Crippen LogP contribution in [0.2, 0.25) is 0 Å². The molecule has 1 heterocycles. The first-order valence-corrected chi connectivity index (χ1v) is 10.4. The molecule has 0 radical (unpaired) electrons. The minimum absolute atomic E-state index is 0.000404. The fourth-order valence-corrected chi connectivity index (χ4v) is 7.93. The van der Waals surface area contributed by atoms with Crippen molar-refractivity contribution >= 4 is 5.78 Å². The molecule has 25 heavy (non-hydrogen) atoms. The summed E-state index contributed by atoms with van der Waals surface area (Å²) in [5.41, 5.74) is 0.846. The summed E-state index contributed by atoms with van der Waals surface area (Å²) in [5, 5.41) is 11.5. The molecule has 1 aliphatic heterocycles. The number of ketones is 1. The van der Waals surface area contributed by atoms with E-state index in [2.05, 4.69) is 20.8 Å². The van der Waals surface area contributed by atoms with Gasteiger partial charge in [-0.25, -0.2) is 0 Å². The van der Waals surface area contributed by atoms with Crippen molar-refractivity contribution in [2.24, 2.45) is 22.7 Å². The SMILES string of the molecule is CCC[C@@]1(O)CC[C@H]2[C@@H]3CCC4=CC(=O)CC[C@]4(C)[C@]34OC4C[C@@]21C. The van der Waals surface area contributed by atoms with Crippen molar-refractivity contribution < 1.29 is 14.6 Å². The lowest BCUT2D eigenvalue weighted by molar-refractivity contribution is -0.121. The molecule has 3 nitrogen and oxygen atoms in total. The van der Waals surface area contributed by atoms with Gasteiger partial charge in [0.15, 0.2) is 5.78 Å². The van der Waals surface area contributed by atoms with Crippen molar-refractivity contribution in [3.8, 4) is 0 Å². The Morgan fingerprint density at radius 3 is 2.76 bits per heavy atom. The van der Waals surface area contributed by atoms with E-state index in [-0.39, 0.29) is 22.5 Å². The van der Waals surface area contributed by atoms with Gasteiger partial charge in [0.1, 0.15) is 5.60 Å². The number of aliphatic hydroxyl groups is 1. The number of epoxide rings is 1. The second kappa shape index (κ2) is 4.78. The van der Waals surface area contributed by atoms with E-state index < -0.39 is 5.60 Å². The largest absolute Gasteiger partial charge is 0.389 e. The van der Waals surface area contributed by atoms with Crippen LogP contribution in [0.5, 0.6) is 0 Å². The van der Waals surface area contributed by atoms with Gasteiger partial charge < -0.3 is 9.84 Å². The maximum Gasteiger partial charge on any atom is 0.155 e. The third kappa shape index (κ3) is 1.73. The Morgan fingerprint density at radius 1 is 1.20 bits per heavy atom. The van der Waals surface area contributed by atoms with E-state index in [4.69, 9.17) is 4.74 Å². The molecular formula is C22H32O3. The van der Waals surface area contributed by atoms with Gasteiger partial charge in [0.2, 0.25) is 0 Å². The lowest BCUT2D eigenvalue weighted by Gasteiger charge is -2.57. The van der Waals surface area contributed by atoms with Crippen LogP contribution in [0, 0.1) is 22.7 Å². The second-order valence-electron chi connectivity index (χ2n) is 10.1. The number of fused-ring (bicyclic) bond motifs is 3. The fraction of sp³-hybridized carbons (Fsp3) is 0.864. The summed E-state index contributed by atoms with van der Waals surface area (Å²) in [6, 6.07) is 0. The molecule has 7 atom stereocenters. The van der Waals surface area contributed by atoms with Crippen LogP contribution in [0.1, 0.15) is 78.6 Å². The van der Waals surface area contributed by atoms with Gasteiger partial charge in [0, 0.05) is 17.3 Å². The highest BCUT2D eigenvalue weighted by molar-refractivity contribution is 5.91. The first-order chi connectivity index (χ1) is 11.8. The molecular weight excluding hydrogens is 312 g/mol. The maximum absolute atomic E-state index is 12.0. The molecule has 5 rings (SSSR count). The van der Waals surface area contributed by atoms with Crippen LogP contribution in [0.4, 0.5) is 0 Å². The molecule has 3 saturated carbocycles. The van der Waals surface area contributed by atoms with E-state index in [0.29, 0.717) is 24.0 Å². The molecule has 3 heteroatoms. The highest BCUT2D eigenvalue weighted by Crippen LogP contribution is 2.76. The van der Waals surface area contributed by atoms with Crippen molar-refractivity contribution in [3.05, 3.63) is 11.6 Å². The minimum Gasteiger partial charge on any atom is -0.389 e. The van der Waals surface area contributed by atoms with Gasteiger partial charge in [-0.3, -0.25) is 4.79 Å². The lowest BCUT2D eigenvalue weighted by atomic mass is 9.46. The maximum atomic E-state index is 12.0. The van der Waals surface area contributed by atoms with Crippen molar-refractivity contribution in [2.45, 2.75) is 95.9 Å². The Kier molecular flexibility index (Phi) is 3.16. The van der Waals surface area contributed by atoms with Crippen molar-refractivity contribution in [2.75, 3.05) is 0 Å². The van der Waals surface area contributed by atoms with Gasteiger partial charge >= 0.3 is 0 Å². The van der Waals surface area contributed by atoms with Crippen LogP contribution >= 0.6 is 0 Å². The topological polar surface area (TPSA) is 49.8 Å². The molecule has 4 aliphatic carbocycles. The molecule has 0 bridgehead atoms. The van der Waals surface area contributed by atoms with Crippen LogP contribution < -0.4 is 0 Å². The van der Waals surface area contributed by atoms with E-state index >= 15 is 0 Å². The summed E-state index contributed by atoms with van der Waals surface area (Å²) >= 11 is 0. The molecule has 1 unspecified atom stereocenters. The number of carbonyl (C=O) groups excluding carboxylic acids is 1. The number of hydrogen-bond donors (Lipinski definition) is 1. The average Bonchev–Trinajstić information content (AvgIpc) is 3.22. The molecule has 1 saturated heterocycles. The predicted octanol–water partition coefficient (Wildman–Crippen LogP) is 4.18. The molecule has 0 aromatic rings. The van der Waals surface area contributed by atoms with Crippen LogP contribution in [0.15, 0.2) is 11.6 Å². The zero-order chi connectivity index (χ0) is 17.7. The Balaban J connectivity index is 1.55. The predicted molar refractivity (Wildman–Crippen MR) is 96.1 cm³/mol. The van der Waals surface area contributed by atoms with Crippen LogP contribution in [-0.4, -0.2) is 28.2 Å². The Morgan fingerprint density at radius 2 is 2.00 bits per heavy atom. The molecule has 0 aromatic heterocycles. The highest BCUT2D eigenvalue weighted by Gasteiger charge is 2.80. The van der Waals surface area contributed by atoms with Crippen molar-refractivity contribution in [3.63, 3.8) is 0 Å². The number of hydrogen-bond acceptors (Lipinski definition) is 3. The van der Waals surface area contributed by atoms with E-state index in [1.165, 1.54) is 5.57 Å². The Labute approximate surface area is 151 Å². The van der Waals surface area contributed by atoms with Crippen LogP contribution in [0.25, 0.3) is 0 Å². The van der Waals surface area contributed by atoms with E-state index in [1.807, 2.05) is 6.08 Å². The fourth-order valence-electron chi connectivity index (χ4n) is 7.93. The molecule has 0 aromatic carbocycles. The zero-order valence-corrected chi connectivity index (χ0v) is 15.9. The average molecular weight is 344 g/mol. The molecule has 1 spiro atoms. The third-order valence-electron chi connectivity index (χ3n) is 9.32. The summed E-state index contributed by atoms with van der Waals surface area (Å²) in [4.78, 5) is 12.0. The summed E-state index contributed by atoms with van der Waals surface area (Å²) in [5.74, 6) is 1.43. The second-order valence-corrected chi connectivity index (χ2v) is 10.1. The highest BCUT2D eigenvalue weighted by atomic mass is 16.6. The standard InChI is InChI=1S/C22H32O3/c1-4-9-21(24)11-8-16-17-6-5-14-12-15(23)7-10-19(14,2)22(17)18(25-22)13-20(16,21)3/h12,16-18,24H,4-11,13H2,1-3H3/t16-,17-,18?,19-,20-,21+,22-/m0/s1. The minimum atomic E-state index is -0.510. The zero-order valence-electron chi connectivity index (χ0n) is 15.9. The third-order valence-corrected chi connectivity index (χ3v) is 9.32. The molecule has 138 valence electrons. The Hall–Kier alpha value is -0.670. The first-order valence-electron chi connectivity index (χ1n) is 10.4. The van der Waals surface area contributed by atoms with Gasteiger partial charge in [-0.2, -0.15) is 0 Å². The molecule has 5 aliphatic rings. The quantitative estimate of drug-likeness (QED) is 0.765. The van der Waals surface area contributed by atoms with Crippen LogP contribution in [-0.2, 0) is 9.53 Å². The molecule has 4 fully saturated rings. The van der Waals surface area contributed by atoms with Gasteiger partial charge in [0.25, 0.3) is 0 Å². The monoisotopic (exact) mass is 344 g/mol. The smallest absolute Gasteiger partial charge is 0.155 e. The molecule has 0 amide bonds. The summed E-state index contributed by atoms with van der Waals surface area (Å²) < 4.78 is 6.59. The first kappa shape index (κ1) is 16.5. The Bertz CT molecular complexity index is 668. The van der Waals surface area contributed by atoms with Gasteiger partial charge in [0.05, 0.1) is 11.7 Å².